The van der Waals surface area contributed by atoms with Crippen molar-refractivity contribution in [2.45, 2.75) is 53.4 Å². The molecular weight excluding hydrogens is 288 g/mol. The highest BCUT2D eigenvalue weighted by Gasteiger charge is 2.31. The summed E-state index contributed by atoms with van der Waals surface area (Å²) in [5.74, 6) is -0.579. The molecule has 0 aromatic carbocycles. The summed E-state index contributed by atoms with van der Waals surface area (Å²) >= 11 is 1.51. The molecule has 0 radical (unpaired) electrons. The maximum atomic E-state index is 12.3. The monoisotopic (exact) mass is 312 g/mol. The van der Waals surface area contributed by atoms with Gasteiger partial charge in [0.05, 0.1) is 24.3 Å². The molecule has 21 heavy (non-hydrogen) atoms. The van der Waals surface area contributed by atoms with E-state index in [4.69, 9.17) is 9.47 Å². The Kier molecular flexibility index (Phi) is 6.40. The van der Waals surface area contributed by atoms with Crippen LogP contribution in [0.2, 0.25) is 0 Å². The summed E-state index contributed by atoms with van der Waals surface area (Å²) in [5, 5.41) is 0. The summed E-state index contributed by atoms with van der Waals surface area (Å²) in [6.45, 7) is 12.1. The van der Waals surface area contributed by atoms with Crippen molar-refractivity contribution in [3.05, 3.63) is 20.9 Å². The van der Waals surface area contributed by atoms with Crippen LogP contribution in [0, 0.1) is 0 Å². The van der Waals surface area contributed by atoms with Gasteiger partial charge in [0.15, 0.2) is 0 Å². The van der Waals surface area contributed by atoms with Crippen molar-refractivity contribution in [3.63, 3.8) is 0 Å². The molecule has 0 aliphatic heterocycles. The number of esters is 2. The second-order valence-electron chi connectivity index (χ2n) is 5.33. The van der Waals surface area contributed by atoms with E-state index < -0.39 is 11.9 Å². The Morgan fingerprint density at radius 3 is 1.43 bits per heavy atom. The standard InChI is InChI=1S/C16H24O4S/c1-7-19-15(17)11-12(16(18)20-8-2)14(10(5)6)21-13(11)9(3)4/h9-10H,7-8H2,1-6H3. The molecule has 118 valence electrons. The van der Waals surface area contributed by atoms with Gasteiger partial charge in [-0.15, -0.1) is 11.3 Å². The van der Waals surface area contributed by atoms with Crippen LogP contribution >= 0.6 is 11.3 Å². The first-order valence-corrected chi connectivity index (χ1v) is 8.17. The molecule has 4 nitrogen and oxygen atoms in total. The molecule has 0 aliphatic carbocycles. The van der Waals surface area contributed by atoms with E-state index in [2.05, 4.69) is 0 Å². The molecule has 0 atom stereocenters. The van der Waals surface area contributed by atoms with Crippen molar-refractivity contribution < 1.29 is 19.1 Å². The third-order valence-electron chi connectivity index (χ3n) is 2.97. The van der Waals surface area contributed by atoms with Crippen LogP contribution in [0.3, 0.4) is 0 Å². The molecule has 0 N–H and O–H groups in total. The van der Waals surface area contributed by atoms with Gasteiger partial charge in [-0.1, -0.05) is 27.7 Å². The number of carbonyl (C=O) groups is 2. The number of thiophene rings is 1. The molecule has 1 aromatic heterocycles. The van der Waals surface area contributed by atoms with Gasteiger partial charge in [0.1, 0.15) is 0 Å². The summed E-state index contributed by atoms with van der Waals surface area (Å²) in [5.41, 5.74) is 0.776. The fourth-order valence-corrected chi connectivity index (χ4v) is 3.38. The Morgan fingerprint density at radius 1 is 0.857 bits per heavy atom. The molecule has 1 heterocycles. The van der Waals surface area contributed by atoms with Gasteiger partial charge < -0.3 is 9.47 Å². The summed E-state index contributed by atoms with van der Waals surface area (Å²) in [6, 6.07) is 0. The third kappa shape index (κ3) is 3.84. The molecule has 5 heteroatoms. The molecular formula is C16H24O4S. The van der Waals surface area contributed by atoms with Crippen LogP contribution in [0.5, 0.6) is 0 Å². The summed E-state index contributed by atoms with van der Waals surface area (Å²) in [4.78, 5) is 26.4. The molecule has 1 aromatic rings. The highest BCUT2D eigenvalue weighted by atomic mass is 32.1. The maximum absolute atomic E-state index is 12.3. The predicted octanol–water partition coefficient (Wildman–Crippen LogP) is 4.35. The number of ether oxygens (including phenoxy) is 2. The molecule has 0 bridgehead atoms. The fraction of sp³-hybridized carbons (Fsp3) is 0.625. The lowest BCUT2D eigenvalue weighted by molar-refractivity contribution is 0.0478. The topological polar surface area (TPSA) is 52.6 Å². The number of rotatable bonds is 6. The minimum Gasteiger partial charge on any atom is -0.462 e. The van der Waals surface area contributed by atoms with Crippen LogP contribution in [0.4, 0.5) is 0 Å². The number of hydrogen-bond donors (Lipinski definition) is 0. The number of hydrogen-bond acceptors (Lipinski definition) is 5. The van der Waals surface area contributed by atoms with Gasteiger partial charge in [0, 0.05) is 9.75 Å². The zero-order chi connectivity index (χ0) is 16.2. The van der Waals surface area contributed by atoms with E-state index in [1.807, 2.05) is 27.7 Å². The van der Waals surface area contributed by atoms with Gasteiger partial charge in [-0.25, -0.2) is 9.59 Å². The average Bonchev–Trinajstić information content (AvgIpc) is 2.79. The van der Waals surface area contributed by atoms with Crippen LogP contribution in [0.25, 0.3) is 0 Å². The largest absolute Gasteiger partial charge is 0.462 e. The van der Waals surface area contributed by atoms with E-state index in [1.54, 1.807) is 13.8 Å². The Hall–Kier alpha value is -1.36. The van der Waals surface area contributed by atoms with Gasteiger partial charge in [-0.05, 0) is 25.7 Å². The van der Waals surface area contributed by atoms with Gasteiger partial charge in [-0.3, -0.25) is 0 Å². The lowest BCUT2D eigenvalue weighted by atomic mass is 9.99. The Labute approximate surface area is 130 Å². The van der Waals surface area contributed by atoms with Gasteiger partial charge >= 0.3 is 11.9 Å². The molecule has 0 amide bonds. The highest BCUT2D eigenvalue weighted by Crippen LogP contribution is 2.38. The normalized spacial score (nSPS) is 11.0. The zero-order valence-corrected chi connectivity index (χ0v) is 14.4. The van der Waals surface area contributed by atoms with E-state index in [9.17, 15) is 9.59 Å². The summed E-state index contributed by atoms with van der Waals surface area (Å²) in [6.07, 6.45) is 0. The van der Waals surface area contributed by atoms with Crippen molar-refractivity contribution in [2.24, 2.45) is 0 Å². The summed E-state index contributed by atoms with van der Waals surface area (Å²) < 4.78 is 10.3. The van der Waals surface area contributed by atoms with Crippen LogP contribution in [0.15, 0.2) is 0 Å². The SMILES string of the molecule is CCOC(=O)c1c(C(C)C)sc(C(C)C)c1C(=O)OCC. The maximum Gasteiger partial charge on any atom is 0.340 e. The minimum absolute atomic E-state index is 0.148. The van der Waals surface area contributed by atoms with Gasteiger partial charge in [-0.2, -0.15) is 0 Å². The van der Waals surface area contributed by atoms with Crippen molar-refractivity contribution >= 4 is 23.3 Å². The number of carbonyl (C=O) groups excluding carboxylic acids is 2. The quantitative estimate of drug-likeness (QED) is 0.733. The molecule has 0 saturated carbocycles. The molecule has 0 spiro atoms. The molecule has 1 rings (SSSR count). The van der Waals surface area contributed by atoms with E-state index in [0.717, 1.165) is 9.75 Å². The van der Waals surface area contributed by atoms with Crippen LogP contribution in [0.1, 0.15) is 83.8 Å². The van der Waals surface area contributed by atoms with E-state index >= 15 is 0 Å². The van der Waals surface area contributed by atoms with Gasteiger partial charge in [0.25, 0.3) is 0 Å². The zero-order valence-electron chi connectivity index (χ0n) is 13.6. The third-order valence-corrected chi connectivity index (χ3v) is 4.76. The lowest BCUT2D eigenvalue weighted by Gasteiger charge is -2.10. The van der Waals surface area contributed by atoms with E-state index in [1.165, 1.54) is 11.3 Å². The minimum atomic E-state index is -0.438. The first-order chi connectivity index (χ1) is 9.84. The molecule has 0 aliphatic rings. The van der Waals surface area contributed by atoms with Crippen molar-refractivity contribution in [3.8, 4) is 0 Å². The highest BCUT2D eigenvalue weighted by molar-refractivity contribution is 7.13. The lowest BCUT2D eigenvalue weighted by Crippen LogP contribution is -2.15. The van der Waals surface area contributed by atoms with Crippen molar-refractivity contribution in [1.82, 2.24) is 0 Å². The fourth-order valence-electron chi connectivity index (χ4n) is 2.09. The average molecular weight is 312 g/mol. The van der Waals surface area contributed by atoms with Crippen LogP contribution in [-0.4, -0.2) is 25.2 Å². The summed E-state index contributed by atoms with van der Waals surface area (Å²) in [7, 11) is 0. The second-order valence-corrected chi connectivity index (χ2v) is 6.41. The van der Waals surface area contributed by atoms with Crippen molar-refractivity contribution in [1.29, 1.82) is 0 Å². The molecule has 0 fully saturated rings. The first kappa shape index (κ1) is 17.7. The Balaban J connectivity index is 3.53. The van der Waals surface area contributed by atoms with Crippen LogP contribution < -0.4 is 0 Å². The Morgan fingerprint density at radius 2 is 1.19 bits per heavy atom. The van der Waals surface area contributed by atoms with Gasteiger partial charge in [0.2, 0.25) is 0 Å². The molecule has 0 saturated heterocycles. The molecule has 0 unspecified atom stereocenters. The second kappa shape index (κ2) is 7.59. The first-order valence-electron chi connectivity index (χ1n) is 7.35. The predicted molar refractivity (Wildman–Crippen MR) is 84.4 cm³/mol. The Bertz CT molecular complexity index is 470. The van der Waals surface area contributed by atoms with Crippen LogP contribution in [-0.2, 0) is 9.47 Å². The smallest absolute Gasteiger partial charge is 0.340 e. The van der Waals surface area contributed by atoms with E-state index in [0.29, 0.717) is 11.1 Å². The van der Waals surface area contributed by atoms with E-state index in [-0.39, 0.29) is 25.0 Å². The van der Waals surface area contributed by atoms with Crippen molar-refractivity contribution in [2.75, 3.05) is 13.2 Å².